The number of nitrogens with one attached hydrogen (secondary N) is 1. The van der Waals surface area contributed by atoms with Gasteiger partial charge in [0, 0.05) is 0 Å². The van der Waals surface area contributed by atoms with Crippen molar-refractivity contribution in [3.05, 3.63) is 77.7 Å². The molecule has 0 bridgehead atoms. The van der Waals surface area contributed by atoms with E-state index in [0.717, 1.165) is 0 Å². The molecule has 0 unspecified atom stereocenters. The van der Waals surface area contributed by atoms with Gasteiger partial charge < -0.3 is 5.32 Å². The van der Waals surface area contributed by atoms with E-state index in [2.05, 4.69) is 20.4 Å². The van der Waals surface area contributed by atoms with Crippen LogP contribution in [-0.2, 0) is 11.3 Å². The van der Waals surface area contributed by atoms with Gasteiger partial charge in [0.1, 0.15) is 19.2 Å². The summed E-state index contributed by atoms with van der Waals surface area (Å²) < 4.78 is 2.96. The van der Waals surface area contributed by atoms with E-state index in [-0.39, 0.29) is 18.0 Å². The third kappa shape index (κ3) is 2.95. The molecule has 0 aliphatic carbocycles. The van der Waals surface area contributed by atoms with E-state index in [4.69, 9.17) is 0 Å². The predicted octanol–water partition coefficient (Wildman–Crippen LogP) is 1.62. The Balaban J connectivity index is 1.64. The van der Waals surface area contributed by atoms with Crippen LogP contribution in [0.25, 0.3) is 16.7 Å². The molecule has 0 radical (unpaired) electrons. The molecule has 1 N–H and O–H groups in total. The van der Waals surface area contributed by atoms with Crippen molar-refractivity contribution < 1.29 is 4.79 Å². The quantitative estimate of drug-likeness (QED) is 0.606. The fourth-order valence-corrected chi connectivity index (χ4v) is 2.72. The average molecular weight is 346 g/mol. The average Bonchev–Trinajstić information content (AvgIpc) is 3.19. The number of nitrogens with zero attached hydrogens (tertiary/aromatic N) is 5. The van der Waals surface area contributed by atoms with Crippen molar-refractivity contribution in [2.75, 3.05) is 5.32 Å². The van der Waals surface area contributed by atoms with Crippen LogP contribution in [0, 0.1) is 0 Å². The number of benzene rings is 2. The fourth-order valence-electron chi connectivity index (χ4n) is 2.72. The van der Waals surface area contributed by atoms with E-state index in [0.29, 0.717) is 22.4 Å². The Morgan fingerprint density at radius 2 is 1.88 bits per heavy atom. The molecule has 4 aromatic rings. The van der Waals surface area contributed by atoms with Crippen LogP contribution in [-0.4, -0.2) is 30.2 Å². The summed E-state index contributed by atoms with van der Waals surface area (Å²) in [6.07, 6.45) is 4.19. The molecular weight excluding hydrogens is 332 g/mol. The van der Waals surface area contributed by atoms with Gasteiger partial charge in [-0.2, -0.15) is 5.10 Å². The zero-order valence-electron chi connectivity index (χ0n) is 13.6. The van der Waals surface area contributed by atoms with Gasteiger partial charge in [-0.15, -0.1) is 0 Å². The first-order valence-corrected chi connectivity index (χ1v) is 7.91. The molecule has 2 heterocycles. The van der Waals surface area contributed by atoms with Crippen LogP contribution in [0.4, 0.5) is 5.69 Å². The number of hydrogen-bond donors (Lipinski definition) is 1. The molecule has 2 aromatic carbocycles. The predicted molar refractivity (Wildman–Crippen MR) is 96.0 cm³/mol. The first kappa shape index (κ1) is 15.7. The number of amides is 1. The number of aromatic nitrogens is 5. The van der Waals surface area contributed by atoms with Crippen molar-refractivity contribution in [2.24, 2.45) is 0 Å². The molecule has 0 aliphatic heterocycles. The lowest BCUT2D eigenvalue weighted by atomic mass is 10.2. The molecule has 1 amide bonds. The van der Waals surface area contributed by atoms with Crippen LogP contribution in [0.5, 0.6) is 0 Å². The molecule has 128 valence electrons. The number of rotatable bonds is 4. The Kier molecular flexibility index (Phi) is 3.98. The third-order valence-electron chi connectivity index (χ3n) is 3.90. The summed E-state index contributed by atoms with van der Waals surface area (Å²) in [5.41, 5.74) is 2.20. The van der Waals surface area contributed by atoms with Gasteiger partial charge in [-0.1, -0.05) is 24.3 Å². The Labute approximate surface area is 147 Å². The van der Waals surface area contributed by atoms with Crippen molar-refractivity contribution in [1.82, 2.24) is 24.3 Å². The molecule has 26 heavy (non-hydrogen) atoms. The lowest BCUT2D eigenvalue weighted by Gasteiger charge is -2.12. The van der Waals surface area contributed by atoms with E-state index in [1.165, 1.54) is 17.1 Å². The van der Waals surface area contributed by atoms with Crippen molar-refractivity contribution in [2.45, 2.75) is 6.54 Å². The van der Waals surface area contributed by atoms with Gasteiger partial charge in [0.15, 0.2) is 0 Å². The van der Waals surface area contributed by atoms with Gasteiger partial charge in [-0.05, 0) is 24.3 Å². The Hall–Kier alpha value is -3.81. The standard InChI is InChI=1S/C18H14N6O2/c25-17(10-23-15-7-3-1-5-13(15)20-9-18(23)26)22-14-6-2-4-8-16(14)24-12-19-11-21-24/h1-9,11-12H,10H2,(H,22,25). The number of para-hydroxylation sites is 4. The largest absolute Gasteiger partial charge is 0.323 e. The zero-order chi connectivity index (χ0) is 17.9. The third-order valence-corrected chi connectivity index (χ3v) is 3.90. The van der Waals surface area contributed by atoms with E-state index in [1.807, 2.05) is 24.3 Å². The first-order chi connectivity index (χ1) is 12.7. The molecule has 4 rings (SSSR count). The van der Waals surface area contributed by atoms with Crippen LogP contribution in [0.1, 0.15) is 0 Å². The van der Waals surface area contributed by atoms with Crippen LogP contribution >= 0.6 is 0 Å². The molecule has 0 aliphatic rings. The molecule has 0 atom stereocenters. The van der Waals surface area contributed by atoms with E-state index in [9.17, 15) is 9.59 Å². The monoisotopic (exact) mass is 346 g/mol. The number of hydrogen-bond acceptors (Lipinski definition) is 5. The van der Waals surface area contributed by atoms with Gasteiger partial charge in [0.25, 0.3) is 5.56 Å². The second-order valence-corrected chi connectivity index (χ2v) is 5.58. The van der Waals surface area contributed by atoms with Crippen LogP contribution in [0.15, 0.2) is 72.2 Å². The molecular formula is C18H14N6O2. The van der Waals surface area contributed by atoms with Crippen molar-refractivity contribution in [3.8, 4) is 5.69 Å². The highest BCUT2D eigenvalue weighted by atomic mass is 16.2. The second-order valence-electron chi connectivity index (χ2n) is 5.58. The molecule has 0 spiro atoms. The molecule has 8 nitrogen and oxygen atoms in total. The van der Waals surface area contributed by atoms with E-state index < -0.39 is 0 Å². The van der Waals surface area contributed by atoms with Crippen molar-refractivity contribution >= 4 is 22.6 Å². The smallest absolute Gasteiger partial charge is 0.269 e. The summed E-state index contributed by atoms with van der Waals surface area (Å²) in [4.78, 5) is 32.8. The minimum Gasteiger partial charge on any atom is -0.323 e. The summed E-state index contributed by atoms with van der Waals surface area (Å²) in [5, 5.41) is 6.92. The lowest BCUT2D eigenvalue weighted by Crippen LogP contribution is -2.28. The number of anilines is 1. The van der Waals surface area contributed by atoms with Gasteiger partial charge in [0.05, 0.1) is 28.6 Å². The van der Waals surface area contributed by atoms with Crippen LogP contribution in [0.3, 0.4) is 0 Å². The minimum atomic E-state index is -0.330. The second kappa shape index (κ2) is 6.60. The van der Waals surface area contributed by atoms with Crippen molar-refractivity contribution in [3.63, 3.8) is 0 Å². The fraction of sp³-hybridized carbons (Fsp3) is 0.0556. The Morgan fingerprint density at radius 1 is 1.08 bits per heavy atom. The Bertz CT molecular complexity index is 1130. The van der Waals surface area contributed by atoms with Crippen LogP contribution < -0.4 is 10.9 Å². The number of fused-ring (bicyclic) bond motifs is 1. The van der Waals surface area contributed by atoms with E-state index >= 15 is 0 Å². The molecule has 2 aromatic heterocycles. The molecule has 0 fully saturated rings. The molecule has 8 heteroatoms. The summed E-state index contributed by atoms with van der Waals surface area (Å²) in [5.74, 6) is -0.323. The maximum absolute atomic E-state index is 12.6. The highest BCUT2D eigenvalue weighted by molar-refractivity contribution is 5.93. The topological polar surface area (TPSA) is 94.7 Å². The first-order valence-electron chi connectivity index (χ1n) is 7.91. The lowest BCUT2D eigenvalue weighted by molar-refractivity contribution is -0.116. The highest BCUT2D eigenvalue weighted by Crippen LogP contribution is 2.18. The van der Waals surface area contributed by atoms with Crippen molar-refractivity contribution in [1.29, 1.82) is 0 Å². The zero-order valence-corrected chi connectivity index (χ0v) is 13.6. The number of carbonyl (C=O) groups is 1. The van der Waals surface area contributed by atoms with Gasteiger partial charge in [-0.3, -0.25) is 14.2 Å². The SMILES string of the molecule is O=C(Cn1c(=O)cnc2ccccc21)Nc1ccccc1-n1cncn1. The van der Waals surface area contributed by atoms with E-state index in [1.54, 1.807) is 35.3 Å². The van der Waals surface area contributed by atoms with Gasteiger partial charge in [0.2, 0.25) is 5.91 Å². The van der Waals surface area contributed by atoms with Gasteiger partial charge >= 0.3 is 0 Å². The highest BCUT2D eigenvalue weighted by Gasteiger charge is 2.12. The summed E-state index contributed by atoms with van der Waals surface area (Å²) >= 11 is 0. The maximum Gasteiger partial charge on any atom is 0.269 e. The number of carbonyl (C=O) groups excluding carboxylic acids is 1. The Morgan fingerprint density at radius 3 is 2.73 bits per heavy atom. The summed E-state index contributed by atoms with van der Waals surface area (Å²) in [7, 11) is 0. The van der Waals surface area contributed by atoms with Gasteiger partial charge in [-0.25, -0.2) is 14.6 Å². The maximum atomic E-state index is 12.6. The summed E-state index contributed by atoms with van der Waals surface area (Å²) in [6.45, 7) is -0.118. The molecule has 0 saturated heterocycles. The minimum absolute atomic E-state index is 0.118. The normalized spacial score (nSPS) is 10.8. The summed E-state index contributed by atoms with van der Waals surface area (Å²) in [6, 6.07) is 14.4. The van der Waals surface area contributed by atoms with Crippen LogP contribution in [0.2, 0.25) is 0 Å². The molecule has 0 saturated carbocycles.